The Kier molecular flexibility index (Phi) is 6.88. The SMILES string of the molecule is O=C(O)Cc1ccc(NC2=NC(=O)/C(=C\c3ccc(Oc4ccc([N+](=O)[O-])cc4F)cc3)S2)cc1. The molecule has 0 bridgehead atoms. The van der Waals surface area contributed by atoms with Crippen LogP contribution >= 0.6 is 11.8 Å². The van der Waals surface area contributed by atoms with Crippen LogP contribution in [0.3, 0.4) is 0 Å². The summed E-state index contributed by atoms with van der Waals surface area (Å²) in [7, 11) is 0. The number of aliphatic carboxylic acids is 1. The van der Waals surface area contributed by atoms with Crippen LogP contribution in [0, 0.1) is 15.9 Å². The topological polar surface area (TPSA) is 131 Å². The molecular formula is C24H16FN3O6S. The minimum Gasteiger partial charge on any atom is -0.481 e. The van der Waals surface area contributed by atoms with Crippen molar-refractivity contribution in [1.29, 1.82) is 0 Å². The first-order chi connectivity index (χ1) is 16.8. The van der Waals surface area contributed by atoms with Crippen LogP contribution in [0.5, 0.6) is 11.5 Å². The number of thioether (sulfide) groups is 1. The van der Waals surface area contributed by atoms with E-state index in [1.54, 1.807) is 54.6 Å². The molecule has 0 aromatic heterocycles. The number of benzene rings is 3. The lowest BCUT2D eigenvalue weighted by Gasteiger charge is -2.07. The highest BCUT2D eigenvalue weighted by atomic mass is 32.2. The number of ether oxygens (including phenoxy) is 1. The number of carboxylic acids is 1. The number of nitro groups is 1. The molecule has 3 aromatic carbocycles. The Morgan fingerprint density at radius 1 is 1.14 bits per heavy atom. The number of aliphatic imine (C=N–C) groups is 1. The molecule has 1 amide bonds. The van der Waals surface area contributed by atoms with E-state index in [1.165, 1.54) is 6.07 Å². The van der Waals surface area contributed by atoms with Crippen molar-refractivity contribution in [3.63, 3.8) is 0 Å². The maximum Gasteiger partial charge on any atom is 0.307 e. The van der Waals surface area contributed by atoms with Crippen LogP contribution in [0.1, 0.15) is 11.1 Å². The molecule has 0 aliphatic carbocycles. The minimum absolute atomic E-state index is 0.0754. The summed E-state index contributed by atoms with van der Waals surface area (Å²) in [5.41, 5.74) is 1.64. The number of hydrogen-bond acceptors (Lipinski definition) is 7. The fourth-order valence-corrected chi connectivity index (χ4v) is 3.90. The number of nitro benzene ring substituents is 1. The van der Waals surface area contributed by atoms with Gasteiger partial charge in [0, 0.05) is 11.8 Å². The summed E-state index contributed by atoms with van der Waals surface area (Å²) >= 11 is 1.16. The summed E-state index contributed by atoms with van der Waals surface area (Å²) in [6, 6.07) is 16.4. The maximum atomic E-state index is 14.0. The van der Waals surface area contributed by atoms with Crippen molar-refractivity contribution >= 4 is 46.3 Å². The third-order valence-electron chi connectivity index (χ3n) is 4.71. The molecule has 3 aromatic rings. The normalized spacial score (nSPS) is 14.0. The van der Waals surface area contributed by atoms with Crippen LogP contribution in [-0.4, -0.2) is 27.1 Å². The molecule has 9 nitrogen and oxygen atoms in total. The average molecular weight is 493 g/mol. The number of non-ortho nitro benzene ring substituents is 1. The standard InChI is InChI=1S/C24H16FN3O6S/c25-19-13-17(28(32)33)7-10-20(19)34-18-8-3-14(4-9-18)11-21-23(31)27-24(35-21)26-16-5-1-15(2-6-16)12-22(29)30/h1-11,13H,12H2,(H,29,30)(H,26,27,31)/b21-11+. The predicted molar refractivity (Wildman–Crippen MR) is 129 cm³/mol. The Morgan fingerprint density at radius 2 is 1.86 bits per heavy atom. The first-order valence-electron chi connectivity index (χ1n) is 10.1. The number of hydrogen-bond donors (Lipinski definition) is 2. The number of rotatable bonds is 7. The molecule has 35 heavy (non-hydrogen) atoms. The zero-order valence-electron chi connectivity index (χ0n) is 17.8. The monoisotopic (exact) mass is 493 g/mol. The van der Waals surface area contributed by atoms with Crippen LogP contribution in [-0.2, 0) is 16.0 Å². The molecule has 1 aliphatic heterocycles. The van der Waals surface area contributed by atoms with Gasteiger partial charge in [-0.2, -0.15) is 4.99 Å². The molecular weight excluding hydrogens is 477 g/mol. The smallest absolute Gasteiger partial charge is 0.307 e. The molecule has 11 heteroatoms. The first-order valence-corrected chi connectivity index (χ1v) is 10.9. The number of carboxylic acid groups (broad SMARTS) is 1. The van der Waals surface area contributed by atoms with Crippen molar-refractivity contribution in [2.75, 3.05) is 5.32 Å². The van der Waals surface area contributed by atoms with E-state index in [4.69, 9.17) is 9.84 Å². The van der Waals surface area contributed by atoms with Gasteiger partial charge in [0.25, 0.3) is 11.6 Å². The number of halogens is 1. The van der Waals surface area contributed by atoms with E-state index in [0.717, 1.165) is 23.9 Å². The van der Waals surface area contributed by atoms with E-state index in [-0.39, 0.29) is 17.9 Å². The summed E-state index contributed by atoms with van der Waals surface area (Å²) in [4.78, 5) is 37.5. The first kappa shape index (κ1) is 23.6. The Morgan fingerprint density at radius 3 is 2.49 bits per heavy atom. The Balaban J connectivity index is 1.38. The average Bonchev–Trinajstić information content (AvgIpc) is 3.15. The zero-order chi connectivity index (χ0) is 24.9. The van der Waals surface area contributed by atoms with Crippen molar-refractivity contribution in [1.82, 2.24) is 0 Å². The molecule has 0 spiro atoms. The number of carbonyl (C=O) groups excluding carboxylic acids is 1. The van der Waals surface area contributed by atoms with Gasteiger partial charge in [-0.05, 0) is 59.3 Å². The van der Waals surface area contributed by atoms with Crippen LogP contribution in [0.4, 0.5) is 15.8 Å². The summed E-state index contributed by atoms with van der Waals surface area (Å²) in [6.45, 7) is 0. The number of carbonyl (C=O) groups is 2. The molecule has 0 saturated heterocycles. The van der Waals surface area contributed by atoms with Crippen molar-refractivity contribution < 1.29 is 28.7 Å². The Hall–Kier alpha value is -4.51. The van der Waals surface area contributed by atoms with E-state index in [1.807, 2.05) is 0 Å². The summed E-state index contributed by atoms with van der Waals surface area (Å²) < 4.78 is 19.5. The van der Waals surface area contributed by atoms with Crippen LogP contribution in [0.25, 0.3) is 6.08 Å². The van der Waals surface area contributed by atoms with Gasteiger partial charge in [0.1, 0.15) is 5.75 Å². The summed E-state index contributed by atoms with van der Waals surface area (Å²) in [6.07, 6.45) is 1.57. The number of nitrogens with one attached hydrogen (secondary N) is 1. The van der Waals surface area contributed by atoms with Gasteiger partial charge in [-0.25, -0.2) is 4.39 Å². The van der Waals surface area contributed by atoms with Gasteiger partial charge in [-0.3, -0.25) is 19.7 Å². The van der Waals surface area contributed by atoms with Gasteiger partial charge < -0.3 is 15.2 Å². The number of amidine groups is 1. The van der Waals surface area contributed by atoms with Crippen LogP contribution in [0.2, 0.25) is 0 Å². The molecule has 0 atom stereocenters. The second-order valence-electron chi connectivity index (χ2n) is 7.27. The molecule has 0 radical (unpaired) electrons. The lowest BCUT2D eigenvalue weighted by atomic mass is 10.1. The van der Waals surface area contributed by atoms with Gasteiger partial charge >= 0.3 is 5.97 Å². The molecule has 1 heterocycles. The summed E-state index contributed by atoms with van der Waals surface area (Å²) in [5, 5.41) is 23.0. The molecule has 0 fully saturated rings. The largest absolute Gasteiger partial charge is 0.481 e. The predicted octanol–water partition coefficient (Wildman–Crippen LogP) is 5.24. The third kappa shape index (κ3) is 6.09. The Bertz CT molecular complexity index is 1370. The van der Waals surface area contributed by atoms with Gasteiger partial charge in [0.15, 0.2) is 16.7 Å². The maximum absolute atomic E-state index is 14.0. The van der Waals surface area contributed by atoms with Gasteiger partial charge in [0.2, 0.25) is 0 Å². The highest BCUT2D eigenvalue weighted by molar-refractivity contribution is 8.18. The van der Waals surface area contributed by atoms with E-state index >= 15 is 0 Å². The second-order valence-corrected chi connectivity index (χ2v) is 8.30. The van der Waals surface area contributed by atoms with Crippen LogP contribution in [0.15, 0.2) is 76.6 Å². The molecule has 0 saturated carbocycles. The Labute approximate surface area is 202 Å². The minimum atomic E-state index is -0.917. The molecule has 1 aliphatic rings. The molecule has 176 valence electrons. The third-order valence-corrected chi connectivity index (χ3v) is 5.61. The lowest BCUT2D eigenvalue weighted by molar-refractivity contribution is -0.385. The van der Waals surface area contributed by atoms with E-state index in [9.17, 15) is 24.1 Å². The van der Waals surface area contributed by atoms with Crippen LogP contribution < -0.4 is 10.1 Å². The summed E-state index contributed by atoms with van der Waals surface area (Å²) in [5.74, 6) is -2.01. The van der Waals surface area contributed by atoms with Gasteiger partial charge in [-0.15, -0.1) is 0 Å². The molecule has 2 N–H and O–H groups in total. The highest BCUT2D eigenvalue weighted by Gasteiger charge is 2.22. The van der Waals surface area contributed by atoms with E-state index < -0.39 is 22.6 Å². The van der Waals surface area contributed by atoms with Gasteiger partial charge in [0.05, 0.1) is 22.3 Å². The fourth-order valence-electron chi connectivity index (χ4n) is 3.06. The number of amides is 1. The van der Waals surface area contributed by atoms with E-state index in [0.29, 0.717) is 32.6 Å². The van der Waals surface area contributed by atoms with Crippen molar-refractivity contribution in [3.05, 3.63) is 98.7 Å². The number of nitrogens with zero attached hydrogens (tertiary/aromatic N) is 2. The van der Waals surface area contributed by atoms with Gasteiger partial charge in [-0.1, -0.05) is 24.3 Å². The second kappa shape index (κ2) is 10.2. The molecule has 0 unspecified atom stereocenters. The lowest BCUT2D eigenvalue weighted by Crippen LogP contribution is -2.05. The van der Waals surface area contributed by atoms with Crippen molar-refractivity contribution in [3.8, 4) is 11.5 Å². The number of anilines is 1. The van der Waals surface area contributed by atoms with Crippen molar-refractivity contribution in [2.24, 2.45) is 4.99 Å². The highest BCUT2D eigenvalue weighted by Crippen LogP contribution is 2.31. The van der Waals surface area contributed by atoms with Crippen molar-refractivity contribution in [2.45, 2.75) is 6.42 Å². The zero-order valence-corrected chi connectivity index (χ0v) is 18.6. The fraction of sp³-hybridized carbons (Fsp3) is 0.0417. The van der Waals surface area contributed by atoms with E-state index in [2.05, 4.69) is 10.3 Å². The quantitative estimate of drug-likeness (QED) is 0.260. The molecule has 4 rings (SSSR count).